The summed E-state index contributed by atoms with van der Waals surface area (Å²) in [5.74, 6) is 0.936. The minimum Gasteiger partial charge on any atom is -0.484 e. The molecule has 0 saturated carbocycles. The van der Waals surface area contributed by atoms with Gasteiger partial charge in [-0.15, -0.1) is 0 Å². The number of hydrogen-bond acceptors (Lipinski definition) is 2. The van der Waals surface area contributed by atoms with E-state index in [1.165, 1.54) is 5.56 Å². The molecule has 1 N–H and O–H groups in total. The highest BCUT2D eigenvalue weighted by Gasteiger charge is 2.09. The van der Waals surface area contributed by atoms with Crippen LogP contribution in [0, 0.1) is 0 Å². The zero-order chi connectivity index (χ0) is 16.7. The standard InChI is InChI=1S/C20H25NO2/c1-4-7-16-10-12-17(13-11-16)23-14-20(22)21-19-9-6-5-8-18(19)15(2)3/h5-6,8-13,15H,4,7,14H2,1-3H3,(H,21,22). The quantitative estimate of drug-likeness (QED) is 0.799. The van der Waals surface area contributed by atoms with Gasteiger partial charge in [-0.25, -0.2) is 0 Å². The van der Waals surface area contributed by atoms with Crippen LogP contribution in [0.4, 0.5) is 5.69 Å². The predicted octanol–water partition coefficient (Wildman–Crippen LogP) is 4.78. The van der Waals surface area contributed by atoms with E-state index in [4.69, 9.17) is 4.74 Å². The topological polar surface area (TPSA) is 38.3 Å². The zero-order valence-electron chi connectivity index (χ0n) is 14.1. The molecule has 0 fully saturated rings. The van der Waals surface area contributed by atoms with Crippen molar-refractivity contribution in [1.29, 1.82) is 0 Å². The number of amides is 1. The number of rotatable bonds is 7. The highest BCUT2D eigenvalue weighted by atomic mass is 16.5. The van der Waals surface area contributed by atoms with Gasteiger partial charge in [-0.1, -0.05) is 57.5 Å². The molecule has 0 aliphatic rings. The molecule has 2 aromatic carbocycles. The number of hydrogen-bond donors (Lipinski definition) is 1. The largest absolute Gasteiger partial charge is 0.484 e. The van der Waals surface area contributed by atoms with Crippen molar-refractivity contribution < 1.29 is 9.53 Å². The first-order valence-electron chi connectivity index (χ1n) is 8.20. The van der Waals surface area contributed by atoms with Gasteiger partial charge in [0.1, 0.15) is 5.75 Å². The Bertz CT molecular complexity index is 632. The van der Waals surface area contributed by atoms with Gasteiger partial charge in [0.25, 0.3) is 5.91 Å². The van der Waals surface area contributed by atoms with E-state index in [9.17, 15) is 4.79 Å². The second-order valence-corrected chi connectivity index (χ2v) is 5.97. The molecule has 0 heterocycles. The Balaban J connectivity index is 1.90. The number of para-hydroxylation sites is 1. The fourth-order valence-corrected chi connectivity index (χ4v) is 2.49. The normalized spacial score (nSPS) is 10.6. The fraction of sp³-hybridized carbons (Fsp3) is 0.350. The first-order chi connectivity index (χ1) is 11.1. The summed E-state index contributed by atoms with van der Waals surface area (Å²) >= 11 is 0. The van der Waals surface area contributed by atoms with Gasteiger partial charge in [0.2, 0.25) is 0 Å². The summed E-state index contributed by atoms with van der Waals surface area (Å²) < 4.78 is 5.56. The minimum atomic E-state index is -0.143. The molecule has 3 nitrogen and oxygen atoms in total. The Morgan fingerprint density at radius 1 is 1.09 bits per heavy atom. The number of nitrogens with one attached hydrogen (secondary N) is 1. The maximum atomic E-state index is 12.1. The van der Waals surface area contributed by atoms with Crippen LogP contribution >= 0.6 is 0 Å². The lowest BCUT2D eigenvalue weighted by molar-refractivity contribution is -0.118. The Morgan fingerprint density at radius 3 is 2.43 bits per heavy atom. The van der Waals surface area contributed by atoms with Crippen LogP contribution in [-0.4, -0.2) is 12.5 Å². The molecule has 0 radical (unpaired) electrons. The van der Waals surface area contributed by atoms with E-state index in [1.807, 2.05) is 48.5 Å². The van der Waals surface area contributed by atoms with E-state index in [0.29, 0.717) is 5.92 Å². The van der Waals surface area contributed by atoms with E-state index in [-0.39, 0.29) is 12.5 Å². The van der Waals surface area contributed by atoms with Crippen molar-refractivity contribution in [3.63, 3.8) is 0 Å². The smallest absolute Gasteiger partial charge is 0.262 e. The monoisotopic (exact) mass is 311 g/mol. The number of ether oxygens (including phenoxy) is 1. The maximum absolute atomic E-state index is 12.1. The summed E-state index contributed by atoms with van der Waals surface area (Å²) in [7, 11) is 0. The number of benzene rings is 2. The highest BCUT2D eigenvalue weighted by Crippen LogP contribution is 2.23. The van der Waals surface area contributed by atoms with Crippen LogP contribution in [0.15, 0.2) is 48.5 Å². The molecule has 2 aromatic rings. The summed E-state index contributed by atoms with van der Waals surface area (Å²) in [6, 6.07) is 15.8. The third-order valence-electron chi connectivity index (χ3n) is 3.69. The lowest BCUT2D eigenvalue weighted by atomic mass is 10.0. The highest BCUT2D eigenvalue weighted by molar-refractivity contribution is 5.92. The van der Waals surface area contributed by atoms with E-state index in [1.54, 1.807) is 0 Å². The molecule has 122 valence electrons. The summed E-state index contributed by atoms with van der Waals surface area (Å²) in [6.07, 6.45) is 2.19. The zero-order valence-corrected chi connectivity index (χ0v) is 14.1. The van der Waals surface area contributed by atoms with Crippen molar-refractivity contribution in [2.75, 3.05) is 11.9 Å². The Kier molecular flexibility index (Phi) is 6.21. The third-order valence-corrected chi connectivity index (χ3v) is 3.69. The van der Waals surface area contributed by atoms with Gasteiger partial charge in [-0.2, -0.15) is 0 Å². The summed E-state index contributed by atoms with van der Waals surface area (Å²) in [5, 5.41) is 2.93. The molecule has 0 saturated heterocycles. The SMILES string of the molecule is CCCc1ccc(OCC(=O)Nc2ccccc2C(C)C)cc1. The minimum absolute atomic E-state index is 0.0134. The lowest BCUT2D eigenvalue weighted by Gasteiger charge is -2.14. The maximum Gasteiger partial charge on any atom is 0.262 e. The van der Waals surface area contributed by atoms with Crippen LogP contribution in [0.25, 0.3) is 0 Å². The van der Waals surface area contributed by atoms with Crippen molar-refractivity contribution in [2.45, 2.75) is 39.5 Å². The van der Waals surface area contributed by atoms with Gasteiger partial charge in [-0.05, 0) is 41.7 Å². The Hall–Kier alpha value is -2.29. The second kappa shape index (κ2) is 8.37. The predicted molar refractivity (Wildman–Crippen MR) is 95.1 cm³/mol. The molecule has 2 rings (SSSR count). The van der Waals surface area contributed by atoms with Crippen molar-refractivity contribution in [3.05, 3.63) is 59.7 Å². The van der Waals surface area contributed by atoms with Crippen molar-refractivity contribution in [2.24, 2.45) is 0 Å². The molecule has 1 amide bonds. The molecule has 0 unspecified atom stereocenters. The van der Waals surface area contributed by atoms with Crippen molar-refractivity contribution in [1.82, 2.24) is 0 Å². The number of aryl methyl sites for hydroxylation is 1. The fourth-order valence-electron chi connectivity index (χ4n) is 2.49. The molecule has 0 spiro atoms. The van der Waals surface area contributed by atoms with Crippen LogP contribution in [0.2, 0.25) is 0 Å². The van der Waals surface area contributed by atoms with Gasteiger partial charge in [-0.3, -0.25) is 4.79 Å². The van der Waals surface area contributed by atoms with E-state index >= 15 is 0 Å². The third kappa shape index (κ3) is 5.13. The Morgan fingerprint density at radius 2 is 1.78 bits per heavy atom. The molecular formula is C20H25NO2. The van der Waals surface area contributed by atoms with Gasteiger partial charge in [0.15, 0.2) is 6.61 Å². The molecule has 23 heavy (non-hydrogen) atoms. The van der Waals surface area contributed by atoms with Gasteiger partial charge < -0.3 is 10.1 Å². The molecule has 3 heteroatoms. The van der Waals surface area contributed by atoms with Crippen molar-refractivity contribution in [3.8, 4) is 5.75 Å². The van der Waals surface area contributed by atoms with Crippen LogP contribution in [0.1, 0.15) is 44.2 Å². The first kappa shape index (κ1) is 17.1. The van der Waals surface area contributed by atoms with Crippen LogP contribution in [0.5, 0.6) is 5.75 Å². The van der Waals surface area contributed by atoms with E-state index in [0.717, 1.165) is 29.8 Å². The summed E-state index contributed by atoms with van der Waals surface area (Å²) in [6.45, 7) is 6.39. The number of carbonyl (C=O) groups is 1. The summed E-state index contributed by atoms with van der Waals surface area (Å²) in [4.78, 5) is 12.1. The van der Waals surface area contributed by atoms with E-state index < -0.39 is 0 Å². The molecule has 0 aliphatic carbocycles. The molecule has 0 atom stereocenters. The molecule has 0 bridgehead atoms. The second-order valence-electron chi connectivity index (χ2n) is 5.97. The van der Waals surface area contributed by atoms with Gasteiger partial charge >= 0.3 is 0 Å². The van der Waals surface area contributed by atoms with Crippen molar-refractivity contribution >= 4 is 11.6 Å². The van der Waals surface area contributed by atoms with Gasteiger partial charge in [0, 0.05) is 5.69 Å². The molecular weight excluding hydrogens is 286 g/mol. The first-order valence-corrected chi connectivity index (χ1v) is 8.20. The molecule has 0 aliphatic heterocycles. The summed E-state index contributed by atoms with van der Waals surface area (Å²) in [5.41, 5.74) is 3.27. The number of carbonyl (C=O) groups excluding carboxylic acids is 1. The van der Waals surface area contributed by atoms with Gasteiger partial charge in [0.05, 0.1) is 0 Å². The molecule has 0 aromatic heterocycles. The Labute approximate surface area is 138 Å². The van der Waals surface area contributed by atoms with Crippen LogP contribution in [-0.2, 0) is 11.2 Å². The average molecular weight is 311 g/mol. The lowest BCUT2D eigenvalue weighted by Crippen LogP contribution is -2.21. The van der Waals surface area contributed by atoms with Crippen LogP contribution < -0.4 is 10.1 Å². The van der Waals surface area contributed by atoms with Crippen LogP contribution in [0.3, 0.4) is 0 Å². The average Bonchev–Trinajstić information content (AvgIpc) is 2.55. The number of anilines is 1. The van der Waals surface area contributed by atoms with E-state index in [2.05, 4.69) is 26.1 Å².